The van der Waals surface area contributed by atoms with Gasteiger partial charge < -0.3 is 4.74 Å². The molecule has 0 amide bonds. The van der Waals surface area contributed by atoms with E-state index in [0.717, 1.165) is 5.56 Å². The normalized spacial score (nSPS) is 11.5. The highest BCUT2D eigenvalue weighted by Gasteiger charge is 2.31. The van der Waals surface area contributed by atoms with E-state index in [1.54, 1.807) is 6.92 Å². The third kappa shape index (κ3) is 3.08. The van der Waals surface area contributed by atoms with Crippen LogP contribution in [0.1, 0.15) is 15.9 Å². The summed E-state index contributed by atoms with van der Waals surface area (Å²) in [4.78, 5) is 16.0. The minimum atomic E-state index is -4.79. The molecule has 1 aromatic heterocycles. The molecule has 3 aromatic rings. The van der Waals surface area contributed by atoms with Crippen molar-refractivity contribution in [1.82, 2.24) is 4.98 Å². The molecule has 122 valence electrons. The average Bonchev–Trinajstić information content (AvgIpc) is 2.54. The van der Waals surface area contributed by atoms with Gasteiger partial charge in [0.25, 0.3) is 0 Å². The van der Waals surface area contributed by atoms with Crippen molar-refractivity contribution in [1.29, 1.82) is 0 Å². The molecule has 3 nitrogen and oxygen atoms in total. The highest BCUT2D eigenvalue weighted by atomic mass is 19.4. The number of pyridine rings is 1. The zero-order chi connectivity index (χ0) is 17.3. The van der Waals surface area contributed by atoms with Gasteiger partial charge in [-0.15, -0.1) is 13.2 Å². The van der Waals surface area contributed by atoms with Gasteiger partial charge in [0.05, 0.1) is 11.2 Å². The van der Waals surface area contributed by atoms with Crippen molar-refractivity contribution < 1.29 is 22.7 Å². The van der Waals surface area contributed by atoms with Crippen LogP contribution < -0.4 is 4.74 Å². The molecular formula is C18H12F3NO2. The molecular weight excluding hydrogens is 319 g/mol. The maximum Gasteiger partial charge on any atom is 0.573 e. The number of nitrogens with zero attached hydrogens (tertiary/aromatic N) is 1. The zero-order valence-electron chi connectivity index (χ0n) is 12.6. The Balaban J connectivity index is 2.21. The Morgan fingerprint density at radius 1 is 1.08 bits per heavy atom. The van der Waals surface area contributed by atoms with Crippen LogP contribution in [0.25, 0.3) is 22.2 Å². The number of aldehydes is 1. The Kier molecular flexibility index (Phi) is 3.97. The van der Waals surface area contributed by atoms with Crippen LogP contribution >= 0.6 is 0 Å². The van der Waals surface area contributed by atoms with Gasteiger partial charge in [0.15, 0.2) is 6.29 Å². The van der Waals surface area contributed by atoms with Gasteiger partial charge in [-0.25, -0.2) is 4.98 Å². The van der Waals surface area contributed by atoms with E-state index in [0.29, 0.717) is 34.0 Å². The summed E-state index contributed by atoms with van der Waals surface area (Å²) in [6, 6.07) is 13.1. The molecule has 3 rings (SSSR count). The Morgan fingerprint density at radius 3 is 2.42 bits per heavy atom. The number of halogens is 3. The maximum absolute atomic E-state index is 12.4. The molecule has 0 aliphatic carbocycles. The fourth-order valence-corrected chi connectivity index (χ4v) is 2.59. The van der Waals surface area contributed by atoms with Crippen molar-refractivity contribution in [2.45, 2.75) is 13.3 Å². The second kappa shape index (κ2) is 5.96. The Bertz CT molecular complexity index is 906. The van der Waals surface area contributed by atoms with E-state index in [2.05, 4.69) is 9.72 Å². The summed E-state index contributed by atoms with van der Waals surface area (Å²) in [6.07, 6.45) is -4.16. The van der Waals surface area contributed by atoms with Gasteiger partial charge in [0.2, 0.25) is 0 Å². The molecule has 0 atom stereocenters. The number of hydrogen-bond donors (Lipinski definition) is 0. The molecule has 0 bridgehead atoms. The molecule has 0 N–H and O–H groups in total. The molecule has 0 saturated carbocycles. The minimum Gasteiger partial charge on any atom is -0.406 e. The van der Waals surface area contributed by atoms with Gasteiger partial charge in [-0.2, -0.15) is 0 Å². The van der Waals surface area contributed by atoms with Crippen LogP contribution in [0.2, 0.25) is 0 Å². The fourth-order valence-electron chi connectivity index (χ4n) is 2.59. The van der Waals surface area contributed by atoms with E-state index in [-0.39, 0.29) is 5.75 Å². The molecule has 0 unspecified atom stereocenters. The second-order valence-electron chi connectivity index (χ2n) is 5.21. The number of benzene rings is 2. The summed E-state index contributed by atoms with van der Waals surface area (Å²) in [5.41, 5.74) is 2.78. The second-order valence-corrected chi connectivity index (χ2v) is 5.21. The molecule has 24 heavy (non-hydrogen) atoms. The first-order chi connectivity index (χ1) is 11.4. The Hall–Kier alpha value is -2.89. The number of fused-ring (bicyclic) bond motifs is 1. The third-order valence-electron chi connectivity index (χ3n) is 3.65. The largest absolute Gasteiger partial charge is 0.573 e. The lowest BCUT2D eigenvalue weighted by Gasteiger charge is -2.13. The van der Waals surface area contributed by atoms with Gasteiger partial charge in [0.1, 0.15) is 5.75 Å². The van der Waals surface area contributed by atoms with Crippen LogP contribution in [0.4, 0.5) is 13.2 Å². The van der Waals surface area contributed by atoms with E-state index in [1.165, 1.54) is 18.2 Å². The molecule has 0 aliphatic heterocycles. The number of carbonyl (C=O) groups excluding carboxylic acids is 1. The van der Waals surface area contributed by atoms with Crippen molar-refractivity contribution in [2.75, 3.05) is 0 Å². The van der Waals surface area contributed by atoms with Crippen LogP contribution in [-0.2, 0) is 0 Å². The summed E-state index contributed by atoms with van der Waals surface area (Å²) < 4.78 is 41.1. The summed E-state index contributed by atoms with van der Waals surface area (Å²) in [5, 5.41) is 0.323. The number of rotatable bonds is 3. The SMILES string of the molecule is Cc1c(-c2ccccc2)nc2ccc(OC(F)(F)F)cc2c1C=O. The quantitative estimate of drug-likeness (QED) is 0.639. The van der Waals surface area contributed by atoms with Crippen molar-refractivity contribution in [3.05, 3.63) is 59.7 Å². The Labute approximate surface area is 135 Å². The lowest BCUT2D eigenvalue weighted by molar-refractivity contribution is -0.274. The predicted octanol–water partition coefficient (Wildman–Crippen LogP) is 4.92. The van der Waals surface area contributed by atoms with Gasteiger partial charge in [-0.05, 0) is 30.7 Å². The summed E-state index contributed by atoms with van der Waals surface area (Å²) in [7, 11) is 0. The van der Waals surface area contributed by atoms with Gasteiger partial charge in [-0.1, -0.05) is 30.3 Å². The van der Waals surface area contributed by atoms with Crippen LogP contribution in [-0.4, -0.2) is 17.6 Å². The smallest absolute Gasteiger partial charge is 0.406 e. The predicted molar refractivity (Wildman–Crippen MR) is 84.0 cm³/mol. The van der Waals surface area contributed by atoms with Crippen molar-refractivity contribution in [3.8, 4) is 17.0 Å². The van der Waals surface area contributed by atoms with Crippen molar-refractivity contribution in [2.24, 2.45) is 0 Å². The summed E-state index contributed by atoms with van der Waals surface area (Å²) >= 11 is 0. The topological polar surface area (TPSA) is 39.2 Å². The molecule has 0 radical (unpaired) electrons. The number of carbonyl (C=O) groups is 1. The van der Waals surface area contributed by atoms with Gasteiger partial charge in [-0.3, -0.25) is 4.79 Å². The van der Waals surface area contributed by atoms with E-state index in [1.807, 2.05) is 30.3 Å². The van der Waals surface area contributed by atoms with Crippen LogP contribution in [0.15, 0.2) is 48.5 Å². The first-order valence-electron chi connectivity index (χ1n) is 7.10. The zero-order valence-corrected chi connectivity index (χ0v) is 12.6. The maximum atomic E-state index is 12.4. The first kappa shape index (κ1) is 16.0. The monoisotopic (exact) mass is 331 g/mol. The van der Waals surface area contributed by atoms with E-state index in [9.17, 15) is 18.0 Å². The van der Waals surface area contributed by atoms with E-state index >= 15 is 0 Å². The summed E-state index contributed by atoms with van der Waals surface area (Å²) in [6.45, 7) is 1.72. The van der Waals surface area contributed by atoms with Crippen LogP contribution in [0.3, 0.4) is 0 Å². The minimum absolute atomic E-state index is 0.298. The van der Waals surface area contributed by atoms with Crippen molar-refractivity contribution in [3.63, 3.8) is 0 Å². The van der Waals surface area contributed by atoms with Crippen LogP contribution in [0.5, 0.6) is 5.75 Å². The number of ether oxygens (including phenoxy) is 1. The molecule has 1 heterocycles. The molecule has 6 heteroatoms. The number of aromatic nitrogens is 1. The molecule has 0 saturated heterocycles. The van der Waals surface area contributed by atoms with E-state index in [4.69, 9.17) is 0 Å². The number of hydrogen-bond acceptors (Lipinski definition) is 3. The van der Waals surface area contributed by atoms with Gasteiger partial charge >= 0.3 is 6.36 Å². The molecule has 2 aromatic carbocycles. The molecule has 0 spiro atoms. The van der Waals surface area contributed by atoms with Crippen molar-refractivity contribution >= 4 is 17.2 Å². The van der Waals surface area contributed by atoms with Crippen LogP contribution in [0, 0.1) is 6.92 Å². The number of alkyl halides is 3. The lowest BCUT2D eigenvalue weighted by Crippen LogP contribution is -2.17. The van der Waals surface area contributed by atoms with Gasteiger partial charge in [0, 0.05) is 16.5 Å². The third-order valence-corrected chi connectivity index (χ3v) is 3.65. The highest BCUT2D eigenvalue weighted by Crippen LogP contribution is 2.32. The Morgan fingerprint density at radius 2 is 1.79 bits per heavy atom. The molecule has 0 aliphatic rings. The fraction of sp³-hybridized carbons (Fsp3) is 0.111. The average molecular weight is 331 g/mol. The molecule has 0 fully saturated rings. The highest BCUT2D eigenvalue weighted by molar-refractivity contribution is 6.00. The summed E-state index contributed by atoms with van der Waals surface area (Å²) in [5.74, 6) is -0.383. The first-order valence-corrected chi connectivity index (χ1v) is 7.10. The lowest BCUT2D eigenvalue weighted by atomic mass is 9.98. The van der Waals surface area contributed by atoms with E-state index < -0.39 is 6.36 Å². The standard InChI is InChI=1S/C18H12F3NO2/c1-11-15(10-23)14-9-13(24-18(19,20)21)7-8-16(14)22-17(11)12-5-3-2-4-6-12/h2-10H,1H3.